The van der Waals surface area contributed by atoms with Crippen LogP contribution >= 0.6 is 0 Å². The van der Waals surface area contributed by atoms with Gasteiger partial charge in [-0.25, -0.2) is 0 Å². The van der Waals surface area contributed by atoms with E-state index in [1.165, 1.54) is 64.6 Å². The lowest BCUT2D eigenvalue weighted by Crippen LogP contribution is -2.52. The van der Waals surface area contributed by atoms with Crippen LogP contribution in [-0.4, -0.2) is 37.1 Å². The highest BCUT2D eigenvalue weighted by Gasteiger charge is 2.38. The van der Waals surface area contributed by atoms with Crippen LogP contribution in [0.1, 0.15) is 72.6 Å². The molecule has 2 nitrogen and oxygen atoms in total. The van der Waals surface area contributed by atoms with Gasteiger partial charge in [-0.15, -0.1) is 0 Å². The summed E-state index contributed by atoms with van der Waals surface area (Å²) in [5.41, 5.74) is 0.469. The van der Waals surface area contributed by atoms with Crippen LogP contribution in [0.25, 0.3) is 0 Å². The van der Waals surface area contributed by atoms with Gasteiger partial charge in [-0.2, -0.15) is 0 Å². The first-order valence-electron chi connectivity index (χ1n) is 9.52. The average molecular weight is 295 g/mol. The monoisotopic (exact) mass is 294 g/mol. The van der Waals surface area contributed by atoms with Crippen molar-refractivity contribution in [3.8, 4) is 0 Å². The normalized spacial score (nSPS) is 34.6. The van der Waals surface area contributed by atoms with Crippen molar-refractivity contribution in [3.63, 3.8) is 0 Å². The Hall–Kier alpha value is -0.0800. The Bertz CT molecular complexity index is 300. The fourth-order valence-corrected chi connectivity index (χ4v) is 4.79. The van der Waals surface area contributed by atoms with Gasteiger partial charge in [-0.05, 0) is 69.0 Å². The summed E-state index contributed by atoms with van der Waals surface area (Å²) in [6, 6.07) is 0.710. The predicted molar refractivity (Wildman–Crippen MR) is 92.7 cm³/mol. The third-order valence-corrected chi connectivity index (χ3v) is 6.14. The van der Waals surface area contributed by atoms with Gasteiger partial charge in [-0.3, -0.25) is 0 Å². The van der Waals surface area contributed by atoms with Crippen molar-refractivity contribution in [2.75, 3.05) is 26.2 Å². The van der Waals surface area contributed by atoms with E-state index in [0.717, 1.165) is 18.4 Å². The molecule has 2 heteroatoms. The number of hydrogen-bond acceptors (Lipinski definition) is 2. The lowest BCUT2D eigenvalue weighted by molar-refractivity contribution is 0.0803. The van der Waals surface area contributed by atoms with E-state index in [1.54, 1.807) is 0 Å². The molecule has 0 amide bonds. The number of likely N-dealkylation sites (tertiary alicyclic amines) is 1. The molecule has 1 saturated carbocycles. The molecule has 1 saturated heterocycles. The molecule has 2 rings (SSSR count). The van der Waals surface area contributed by atoms with Crippen molar-refractivity contribution in [1.29, 1.82) is 0 Å². The fourth-order valence-electron chi connectivity index (χ4n) is 4.79. The zero-order chi connectivity index (χ0) is 15.3. The Kier molecular flexibility index (Phi) is 6.55. The lowest BCUT2D eigenvalue weighted by atomic mass is 9.67. The number of rotatable bonds is 5. The van der Waals surface area contributed by atoms with Crippen LogP contribution in [0.3, 0.4) is 0 Å². The van der Waals surface area contributed by atoms with Gasteiger partial charge in [0, 0.05) is 12.6 Å². The molecule has 2 aliphatic rings. The van der Waals surface area contributed by atoms with Crippen LogP contribution in [-0.2, 0) is 0 Å². The average Bonchev–Trinajstić information content (AvgIpc) is 2.67. The molecule has 1 heterocycles. The second-order valence-corrected chi connectivity index (χ2v) is 8.18. The molecule has 3 unspecified atom stereocenters. The minimum Gasteiger partial charge on any atom is -0.313 e. The summed E-state index contributed by atoms with van der Waals surface area (Å²) in [7, 11) is 0. The molecular formula is C19H38N2. The van der Waals surface area contributed by atoms with Crippen LogP contribution in [0, 0.1) is 17.3 Å². The molecule has 2 fully saturated rings. The Morgan fingerprint density at radius 3 is 2.57 bits per heavy atom. The van der Waals surface area contributed by atoms with Crippen LogP contribution in [0.5, 0.6) is 0 Å². The molecule has 21 heavy (non-hydrogen) atoms. The first-order chi connectivity index (χ1) is 10.1. The van der Waals surface area contributed by atoms with Crippen molar-refractivity contribution in [3.05, 3.63) is 0 Å². The fraction of sp³-hybridized carbons (Fsp3) is 1.00. The van der Waals surface area contributed by atoms with Crippen molar-refractivity contribution in [1.82, 2.24) is 10.2 Å². The molecule has 0 spiro atoms. The Morgan fingerprint density at radius 1 is 1.05 bits per heavy atom. The van der Waals surface area contributed by atoms with Crippen LogP contribution in [0.2, 0.25) is 0 Å². The summed E-state index contributed by atoms with van der Waals surface area (Å²) >= 11 is 0. The summed E-state index contributed by atoms with van der Waals surface area (Å²) in [6.45, 7) is 14.7. The second-order valence-electron chi connectivity index (χ2n) is 8.18. The van der Waals surface area contributed by atoms with Crippen molar-refractivity contribution in [2.45, 2.75) is 78.7 Å². The van der Waals surface area contributed by atoms with E-state index in [9.17, 15) is 0 Å². The minimum atomic E-state index is 0.469. The summed E-state index contributed by atoms with van der Waals surface area (Å²) < 4.78 is 0. The van der Waals surface area contributed by atoms with Crippen LogP contribution in [0.15, 0.2) is 0 Å². The van der Waals surface area contributed by atoms with E-state index >= 15 is 0 Å². The van der Waals surface area contributed by atoms with E-state index in [1.807, 2.05) is 0 Å². The zero-order valence-electron chi connectivity index (χ0n) is 15.0. The minimum absolute atomic E-state index is 0.469. The Labute approximate surface area is 133 Å². The van der Waals surface area contributed by atoms with Gasteiger partial charge in [0.15, 0.2) is 0 Å². The second kappa shape index (κ2) is 7.97. The quantitative estimate of drug-likeness (QED) is 0.813. The highest BCUT2D eigenvalue weighted by molar-refractivity contribution is 4.94. The van der Waals surface area contributed by atoms with Gasteiger partial charge in [-0.1, -0.05) is 40.5 Å². The smallest absolute Gasteiger partial charge is 0.0159 e. The molecule has 0 aromatic carbocycles. The first-order valence-corrected chi connectivity index (χ1v) is 9.52. The Morgan fingerprint density at radius 2 is 1.86 bits per heavy atom. The third-order valence-electron chi connectivity index (χ3n) is 6.14. The van der Waals surface area contributed by atoms with E-state index < -0.39 is 0 Å². The summed E-state index contributed by atoms with van der Waals surface area (Å²) in [5, 5.41) is 3.82. The molecule has 1 aliphatic carbocycles. The van der Waals surface area contributed by atoms with Gasteiger partial charge in [0.05, 0.1) is 0 Å². The zero-order valence-corrected chi connectivity index (χ0v) is 15.0. The van der Waals surface area contributed by atoms with Crippen molar-refractivity contribution >= 4 is 0 Å². The lowest BCUT2D eigenvalue weighted by Gasteiger charge is -2.46. The van der Waals surface area contributed by atoms with E-state index in [-0.39, 0.29) is 0 Å². The van der Waals surface area contributed by atoms with Gasteiger partial charge >= 0.3 is 0 Å². The van der Waals surface area contributed by atoms with Crippen molar-refractivity contribution < 1.29 is 0 Å². The van der Waals surface area contributed by atoms with Crippen LogP contribution in [0.4, 0.5) is 0 Å². The van der Waals surface area contributed by atoms with Crippen LogP contribution < -0.4 is 5.32 Å². The van der Waals surface area contributed by atoms with Gasteiger partial charge in [0.1, 0.15) is 0 Å². The third kappa shape index (κ3) is 4.69. The maximum absolute atomic E-state index is 3.82. The topological polar surface area (TPSA) is 15.3 Å². The highest BCUT2D eigenvalue weighted by atomic mass is 15.1. The van der Waals surface area contributed by atoms with E-state index in [0.29, 0.717) is 11.5 Å². The SMILES string of the molecule is CCNC1C(CN2CCCC(CC)CC2)CCCC1(C)C. The largest absolute Gasteiger partial charge is 0.313 e. The molecular weight excluding hydrogens is 256 g/mol. The molecule has 0 radical (unpaired) electrons. The Balaban J connectivity index is 1.93. The molecule has 1 aliphatic heterocycles. The standard InChI is InChI=1S/C19H38N2/c1-5-16-9-8-13-21(14-11-16)15-17-10-7-12-19(3,4)18(17)20-6-2/h16-18,20H,5-15H2,1-4H3. The first kappa shape index (κ1) is 17.3. The van der Waals surface area contributed by atoms with E-state index in [2.05, 4.69) is 37.9 Å². The summed E-state index contributed by atoms with van der Waals surface area (Å²) in [4.78, 5) is 2.78. The summed E-state index contributed by atoms with van der Waals surface area (Å²) in [6.07, 6.45) is 9.92. The number of nitrogens with one attached hydrogen (secondary N) is 1. The van der Waals surface area contributed by atoms with Gasteiger partial charge in [0.2, 0.25) is 0 Å². The maximum atomic E-state index is 3.82. The molecule has 124 valence electrons. The predicted octanol–water partition coefficient (Wildman–Crippen LogP) is 4.30. The number of nitrogens with zero attached hydrogens (tertiary/aromatic N) is 1. The molecule has 0 aromatic heterocycles. The van der Waals surface area contributed by atoms with E-state index in [4.69, 9.17) is 0 Å². The van der Waals surface area contributed by atoms with Crippen molar-refractivity contribution in [2.24, 2.45) is 17.3 Å². The highest BCUT2D eigenvalue weighted by Crippen LogP contribution is 2.39. The van der Waals surface area contributed by atoms with Gasteiger partial charge in [0.25, 0.3) is 0 Å². The molecule has 0 bridgehead atoms. The summed E-state index contributed by atoms with van der Waals surface area (Å²) in [5.74, 6) is 1.84. The molecule has 3 atom stereocenters. The number of hydrogen-bond donors (Lipinski definition) is 1. The maximum Gasteiger partial charge on any atom is 0.0159 e. The molecule has 1 N–H and O–H groups in total. The molecule has 0 aromatic rings. The van der Waals surface area contributed by atoms with Gasteiger partial charge < -0.3 is 10.2 Å².